The maximum atomic E-state index is 13.9. The first-order valence-corrected chi connectivity index (χ1v) is 9.36. The van der Waals surface area contributed by atoms with Crippen molar-refractivity contribution in [3.8, 4) is 5.75 Å². The van der Waals surface area contributed by atoms with Crippen LogP contribution in [0, 0.1) is 25.5 Å². The van der Waals surface area contributed by atoms with Crippen molar-refractivity contribution in [3.63, 3.8) is 0 Å². The molecule has 160 valence electrons. The number of fused-ring (bicyclic) bond motifs is 1. The number of ether oxygens (including phenoxy) is 1. The lowest BCUT2D eigenvalue weighted by atomic mass is 10.1. The zero-order chi connectivity index (χ0) is 22.1. The maximum absolute atomic E-state index is 13.9. The van der Waals surface area contributed by atoms with Crippen LogP contribution in [0.3, 0.4) is 0 Å². The highest BCUT2D eigenvalue weighted by molar-refractivity contribution is 5.95. The SMILES string of the molecule is Cc1cc(OCc2c(F)cccc2F)c2nc(C)c(C(=O)NCC(C)(N)CO)n2c1. The van der Waals surface area contributed by atoms with E-state index in [-0.39, 0.29) is 31.0 Å². The van der Waals surface area contributed by atoms with Crippen LogP contribution < -0.4 is 15.8 Å². The fourth-order valence-electron chi connectivity index (χ4n) is 2.98. The normalized spacial score (nSPS) is 13.3. The van der Waals surface area contributed by atoms with Gasteiger partial charge in [0.25, 0.3) is 5.91 Å². The second kappa shape index (κ2) is 8.37. The Morgan fingerprint density at radius 2 is 2.00 bits per heavy atom. The first-order valence-electron chi connectivity index (χ1n) is 9.36. The highest BCUT2D eigenvalue weighted by Gasteiger charge is 2.23. The summed E-state index contributed by atoms with van der Waals surface area (Å²) in [6, 6.07) is 5.29. The minimum Gasteiger partial charge on any atom is -0.485 e. The van der Waals surface area contributed by atoms with E-state index in [0.717, 1.165) is 17.7 Å². The first kappa shape index (κ1) is 21.7. The second-order valence-corrected chi connectivity index (χ2v) is 7.60. The molecule has 0 saturated heterocycles. The van der Waals surface area contributed by atoms with Crippen LogP contribution >= 0.6 is 0 Å². The number of aliphatic hydroxyl groups excluding tert-OH is 1. The van der Waals surface area contributed by atoms with Gasteiger partial charge in [0.1, 0.15) is 23.9 Å². The summed E-state index contributed by atoms with van der Waals surface area (Å²) in [5, 5.41) is 12.0. The number of benzene rings is 1. The molecule has 1 amide bonds. The van der Waals surface area contributed by atoms with Crippen molar-refractivity contribution in [2.45, 2.75) is 32.9 Å². The summed E-state index contributed by atoms with van der Waals surface area (Å²) in [7, 11) is 0. The van der Waals surface area contributed by atoms with Crippen LogP contribution in [0.25, 0.3) is 5.65 Å². The van der Waals surface area contributed by atoms with Crippen LogP contribution in [-0.4, -0.2) is 39.1 Å². The average Bonchev–Trinajstić information content (AvgIpc) is 3.01. The summed E-state index contributed by atoms with van der Waals surface area (Å²) in [4.78, 5) is 17.2. The molecule has 4 N–H and O–H groups in total. The van der Waals surface area contributed by atoms with Gasteiger partial charge in [0.05, 0.1) is 23.4 Å². The van der Waals surface area contributed by atoms with Crippen molar-refractivity contribution in [2.24, 2.45) is 5.73 Å². The maximum Gasteiger partial charge on any atom is 0.270 e. The van der Waals surface area contributed by atoms with Crippen molar-refractivity contribution in [2.75, 3.05) is 13.2 Å². The molecule has 0 aliphatic heterocycles. The van der Waals surface area contributed by atoms with E-state index in [2.05, 4.69) is 10.3 Å². The standard InChI is InChI=1S/C21H24F2N4O3/c1-12-7-17(30-9-14-15(22)5-4-6-16(14)23)19-26-13(2)18(27(19)8-12)20(29)25-10-21(3,24)11-28/h4-8,28H,9-11,24H2,1-3H3,(H,25,29). The number of carbonyl (C=O) groups is 1. The van der Waals surface area contributed by atoms with Crippen LogP contribution in [0.2, 0.25) is 0 Å². The monoisotopic (exact) mass is 418 g/mol. The average molecular weight is 418 g/mol. The van der Waals surface area contributed by atoms with E-state index in [0.29, 0.717) is 17.1 Å². The van der Waals surface area contributed by atoms with Gasteiger partial charge < -0.3 is 20.9 Å². The number of nitrogens with two attached hydrogens (primary N) is 1. The van der Waals surface area contributed by atoms with Crippen molar-refractivity contribution in [1.82, 2.24) is 14.7 Å². The number of halogens is 2. The lowest BCUT2D eigenvalue weighted by molar-refractivity contribution is 0.0928. The van der Waals surface area contributed by atoms with Crippen molar-refractivity contribution < 1.29 is 23.4 Å². The number of aromatic nitrogens is 2. The molecule has 0 radical (unpaired) electrons. The largest absolute Gasteiger partial charge is 0.485 e. The van der Waals surface area contributed by atoms with E-state index in [1.807, 2.05) is 0 Å². The van der Waals surface area contributed by atoms with Crippen molar-refractivity contribution >= 4 is 11.6 Å². The fourth-order valence-corrected chi connectivity index (χ4v) is 2.98. The molecule has 0 spiro atoms. The van der Waals surface area contributed by atoms with Gasteiger partial charge >= 0.3 is 0 Å². The highest BCUT2D eigenvalue weighted by atomic mass is 19.1. The minimum absolute atomic E-state index is 0.0662. The van der Waals surface area contributed by atoms with E-state index in [1.165, 1.54) is 6.07 Å². The second-order valence-electron chi connectivity index (χ2n) is 7.60. The lowest BCUT2D eigenvalue weighted by Crippen LogP contribution is -2.50. The van der Waals surface area contributed by atoms with Crippen LogP contribution in [0.15, 0.2) is 30.5 Å². The highest BCUT2D eigenvalue weighted by Crippen LogP contribution is 2.26. The zero-order valence-corrected chi connectivity index (χ0v) is 17.0. The number of carbonyl (C=O) groups excluding carboxylic acids is 1. The molecule has 9 heteroatoms. The molecule has 7 nitrogen and oxygen atoms in total. The minimum atomic E-state index is -0.960. The smallest absolute Gasteiger partial charge is 0.270 e. The van der Waals surface area contributed by atoms with Gasteiger partial charge in [-0.3, -0.25) is 9.20 Å². The lowest BCUT2D eigenvalue weighted by Gasteiger charge is -2.21. The molecule has 1 atom stereocenters. The molecule has 3 rings (SSSR count). The Morgan fingerprint density at radius 3 is 2.63 bits per heavy atom. The van der Waals surface area contributed by atoms with E-state index >= 15 is 0 Å². The van der Waals surface area contributed by atoms with Crippen LogP contribution in [-0.2, 0) is 6.61 Å². The third-order valence-corrected chi connectivity index (χ3v) is 4.66. The van der Waals surface area contributed by atoms with Gasteiger partial charge in [-0.2, -0.15) is 0 Å². The topological polar surface area (TPSA) is 102 Å². The Hall–Kier alpha value is -3.04. The van der Waals surface area contributed by atoms with E-state index in [1.54, 1.807) is 37.4 Å². The predicted octanol–water partition coefficient (Wildman–Crippen LogP) is 2.25. The molecule has 2 heterocycles. The van der Waals surface area contributed by atoms with Gasteiger partial charge in [0.2, 0.25) is 0 Å². The number of rotatable bonds is 7. The number of hydrogen-bond donors (Lipinski definition) is 3. The molecule has 0 bridgehead atoms. The number of amides is 1. The molecular formula is C21H24F2N4O3. The number of aryl methyl sites for hydroxylation is 2. The summed E-state index contributed by atoms with van der Waals surface area (Å²) >= 11 is 0. The van der Waals surface area contributed by atoms with Crippen molar-refractivity contribution in [3.05, 3.63) is 64.6 Å². The van der Waals surface area contributed by atoms with E-state index in [9.17, 15) is 18.7 Å². The predicted molar refractivity (Wildman–Crippen MR) is 107 cm³/mol. The number of nitrogens with one attached hydrogen (secondary N) is 1. The Labute approximate surface area is 172 Å². The van der Waals surface area contributed by atoms with Gasteiger partial charge in [-0.1, -0.05) is 6.07 Å². The van der Waals surface area contributed by atoms with Gasteiger partial charge in [0, 0.05) is 12.7 Å². The Bertz CT molecular complexity index is 1080. The number of pyridine rings is 1. The summed E-state index contributed by atoms with van der Waals surface area (Å²) < 4.78 is 35.1. The Morgan fingerprint density at radius 1 is 1.33 bits per heavy atom. The Kier molecular flexibility index (Phi) is 6.04. The molecule has 0 aliphatic carbocycles. The number of hydrogen-bond acceptors (Lipinski definition) is 5. The third kappa shape index (κ3) is 4.42. The summed E-state index contributed by atoms with van der Waals surface area (Å²) in [6.07, 6.45) is 1.72. The molecule has 0 fully saturated rings. The van der Waals surface area contributed by atoms with E-state index in [4.69, 9.17) is 10.5 Å². The summed E-state index contributed by atoms with van der Waals surface area (Å²) in [5.74, 6) is -1.53. The van der Waals surface area contributed by atoms with Crippen molar-refractivity contribution in [1.29, 1.82) is 0 Å². The van der Waals surface area contributed by atoms with Crippen LogP contribution in [0.5, 0.6) is 5.75 Å². The number of imidazole rings is 1. The van der Waals surface area contributed by atoms with Crippen LogP contribution in [0.4, 0.5) is 8.78 Å². The van der Waals surface area contributed by atoms with Gasteiger partial charge in [-0.15, -0.1) is 0 Å². The van der Waals surface area contributed by atoms with Gasteiger partial charge in [-0.05, 0) is 44.5 Å². The molecule has 30 heavy (non-hydrogen) atoms. The third-order valence-electron chi connectivity index (χ3n) is 4.66. The summed E-state index contributed by atoms with van der Waals surface area (Å²) in [6.45, 7) is 4.54. The first-order chi connectivity index (χ1) is 14.1. The molecule has 1 unspecified atom stereocenters. The fraction of sp³-hybridized carbons (Fsp3) is 0.333. The Balaban J connectivity index is 1.93. The molecule has 1 aromatic carbocycles. The molecule has 0 aliphatic rings. The zero-order valence-electron chi connectivity index (χ0n) is 17.0. The molecule has 3 aromatic rings. The van der Waals surface area contributed by atoms with Gasteiger partial charge in [-0.25, -0.2) is 13.8 Å². The molecule has 0 saturated carbocycles. The summed E-state index contributed by atoms with van der Waals surface area (Å²) in [5.41, 5.74) is 6.55. The van der Waals surface area contributed by atoms with E-state index < -0.39 is 23.1 Å². The molecular weight excluding hydrogens is 394 g/mol. The number of nitrogens with zero attached hydrogens (tertiary/aromatic N) is 2. The number of aliphatic hydroxyl groups is 1. The van der Waals surface area contributed by atoms with Crippen LogP contribution in [0.1, 0.15) is 34.2 Å². The molecule has 2 aromatic heterocycles. The van der Waals surface area contributed by atoms with Gasteiger partial charge in [0.15, 0.2) is 11.4 Å². The quantitative estimate of drug-likeness (QED) is 0.546.